The zero-order valence-electron chi connectivity index (χ0n) is 12.9. The molecule has 0 unspecified atom stereocenters. The summed E-state index contributed by atoms with van der Waals surface area (Å²) < 4.78 is 13.1. The minimum absolute atomic E-state index is 0.671. The number of halogens is 8. The van der Waals surface area contributed by atoms with E-state index in [1.54, 1.807) is 0 Å². The molecule has 0 bridgehead atoms. The number of para-hydroxylation sites is 1. The Morgan fingerprint density at radius 2 is 0.963 bits per heavy atom. The topological polar surface area (TPSA) is 9.23 Å². The first kappa shape index (κ1) is 23.0. The fourth-order valence-electron chi connectivity index (χ4n) is 2.32. The molecule has 0 saturated carbocycles. The lowest BCUT2D eigenvalue weighted by molar-refractivity contribution is 0.476. The van der Waals surface area contributed by atoms with Crippen LogP contribution in [0.1, 0.15) is 0 Å². The van der Waals surface area contributed by atoms with Gasteiger partial charge in [-0.1, -0.05) is 18.2 Å². The zero-order valence-corrected chi connectivity index (χ0v) is 25.6. The summed E-state index contributed by atoms with van der Waals surface area (Å²) in [7, 11) is 0. The quantitative estimate of drug-likeness (QED) is 0.238. The van der Waals surface area contributed by atoms with Gasteiger partial charge in [0.1, 0.15) is 5.75 Å². The highest BCUT2D eigenvalue weighted by molar-refractivity contribution is 9.14. The van der Waals surface area contributed by atoms with Gasteiger partial charge in [0.15, 0.2) is 5.75 Å². The van der Waals surface area contributed by atoms with Gasteiger partial charge in [0.2, 0.25) is 0 Å². The van der Waals surface area contributed by atoms with Gasteiger partial charge in [-0.15, -0.1) is 0 Å². The lowest BCUT2D eigenvalue weighted by Gasteiger charge is -2.20. The molecule has 0 aromatic heterocycles. The van der Waals surface area contributed by atoms with Crippen LogP contribution in [-0.2, 0) is 0 Å². The number of hydrogen-bond donors (Lipinski definition) is 0. The molecule has 9 heteroatoms. The lowest BCUT2D eigenvalue weighted by Crippen LogP contribution is -1.95. The Morgan fingerprint density at radius 1 is 0.519 bits per heavy atom. The van der Waals surface area contributed by atoms with Crippen LogP contribution in [0.5, 0.6) is 11.5 Å². The van der Waals surface area contributed by atoms with Crippen molar-refractivity contribution in [1.29, 1.82) is 0 Å². The fourth-order valence-corrected chi connectivity index (χ4v) is 7.41. The molecule has 0 fully saturated rings. The second-order valence-electron chi connectivity index (χ2n) is 5.22. The SMILES string of the molecule is Brc1cc(Br)c(Br)c(-c2c(Br)c(Br)c(Oc3ccccc3)c(Br)c2Br)c1Br. The van der Waals surface area contributed by atoms with E-state index in [0.29, 0.717) is 5.75 Å². The maximum atomic E-state index is 6.10. The largest absolute Gasteiger partial charge is 0.455 e. The highest BCUT2D eigenvalue weighted by atomic mass is 79.9. The Labute approximate surface area is 224 Å². The summed E-state index contributed by atoms with van der Waals surface area (Å²) in [6.45, 7) is 0. The summed E-state index contributed by atoms with van der Waals surface area (Å²) in [4.78, 5) is 0. The molecule has 0 aliphatic carbocycles. The molecule has 0 amide bonds. The van der Waals surface area contributed by atoms with Crippen molar-refractivity contribution < 1.29 is 4.74 Å². The first-order valence-electron chi connectivity index (χ1n) is 7.16. The van der Waals surface area contributed by atoms with Crippen molar-refractivity contribution in [2.45, 2.75) is 0 Å². The van der Waals surface area contributed by atoms with Gasteiger partial charge in [0.05, 0.1) is 8.95 Å². The van der Waals surface area contributed by atoms with Crippen molar-refractivity contribution in [1.82, 2.24) is 0 Å². The van der Waals surface area contributed by atoms with Gasteiger partial charge in [0, 0.05) is 38.0 Å². The molecule has 27 heavy (non-hydrogen) atoms. The molecule has 3 rings (SSSR count). The van der Waals surface area contributed by atoms with Crippen LogP contribution >= 0.6 is 127 Å². The van der Waals surface area contributed by atoms with Crippen molar-refractivity contribution >= 4 is 127 Å². The minimum Gasteiger partial charge on any atom is -0.455 e. The molecular weight excluding hydrogens is 871 g/mol. The highest BCUT2D eigenvalue weighted by Gasteiger charge is 2.26. The molecule has 0 N–H and O–H groups in total. The molecular formula is C18H6Br8O. The van der Waals surface area contributed by atoms with Gasteiger partial charge in [-0.05, 0) is 146 Å². The second kappa shape index (κ2) is 9.62. The average Bonchev–Trinajstić information content (AvgIpc) is 2.65. The van der Waals surface area contributed by atoms with Crippen LogP contribution < -0.4 is 4.74 Å². The Morgan fingerprint density at radius 3 is 1.44 bits per heavy atom. The van der Waals surface area contributed by atoms with Crippen molar-refractivity contribution in [3.63, 3.8) is 0 Å². The standard InChI is InChI=1S/C18H6Br8O/c19-8-6-9(20)13(22)10(12(8)21)11-14(23)16(25)18(17(26)15(11)24)27-7-4-2-1-3-5-7/h1-6H. The van der Waals surface area contributed by atoms with E-state index in [0.717, 1.165) is 52.7 Å². The predicted molar refractivity (Wildman–Crippen MR) is 140 cm³/mol. The summed E-state index contributed by atoms with van der Waals surface area (Å²) in [5.74, 6) is 1.42. The molecule has 0 radical (unpaired) electrons. The fraction of sp³-hybridized carbons (Fsp3) is 0. The Hall–Kier alpha value is 1.30. The molecule has 3 aromatic rings. The summed E-state index contributed by atoms with van der Waals surface area (Å²) in [5.41, 5.74) is 1.93. The van der Waals surface area contributed by atoms with Crippen molar-refractivity contribution in [2.75, 3.05) is 0 Å². The second-order valence-corrected chi connectivity index (χ2v) is 11.7. The maximum absolute atomic E-state index is 6.10. The Balaban J connectivity index is 2.27. The van der Waals surface area contributed by atoms with E-state index in [2.05, 4.69) is 127 Å². The number of benzene rings is 3. The van der Waals surface area contributed by atoms with E-state index in [9.17, 15) is 0 Å². The third kappa shape index (κ3) is 4.65. The van der Waals surface area contributed by atoms with Crippen molar-refractivity contribution in [2.24, 2.45) is 0 Å². The molecule has 0 aliphatic rings. The van der Waals surface area contributed by atoms with Crippen LogP contribution in [0.2, 0.25) is 0 Å². The van der Waals surface area contributed by atoms with E-state index >= 15 is 0 Å². The van der Waals surface area contributed by atoms with Crippen LogP contribution in [-0.4, -0.2) is 0 Å². The molecule has 0 atom stereocenters. The zero-order chi connectivity index (χ0) is 19.9. The summed E-state index contributed by atoms with van der Waals surface area (Å²) in [5, 5.41) is 0. The Kier molecular flexibility index (Phi) is 8.19. The normalized spacial score (nSPS) is 11.0. The summed E-state index contributed by atoms with van der Waals surface area (Å²) in [6.07, 6.45) is 0. The van der Waals surface area contributed by atoms with Crippen LogP contribution in [0.4, 0.5) is 0 Å². The van der Waals surface area contributed by atoms with E-state index in [1.165, 1.54) is 0 Å². The molecule has 3 aromatic carbocycles. The molecule has 0 spiro atoms. The van der Waals surface area contributed by atoms with E-state index < -0.39 is 0 Å². The smallest absolute Gasteiger partial charge is 0.158 e. The van der Waals surface area contributed by atoms with Crippen molar-refractivity contribution in [3.05, 3.63) is 72.2 Å². The van der Waals surface area contributed by atoms with Gasteiger partial charge in [0.25, 0.3) is 0 Å². The Bertz CT molecular complexity index is 979. The predicted octanol–water partition coefficient (Wildman–Crippen LogP) is 11.2. The van der Waals surface area contributed by atoms with Crippen LogP contribution in [0.3, 0.4) is 0 Å². The molecule has 140 valence electrons. The van der Waals surface area contributed by atoms with Gasteiger partial charge >= 0.3 is 0 Å². The molecule has 1 nitrogen and oxygen atoms in total. The number of rotatable bonds is 3. The first-order chi connectivity index (χ1) is 12.7. The highest BCUT2D eigenvalue weighted by Crippen LogP contribution is 2.55. The van der Waals surface area contributed by atoms with Crippen LogP contribution in [0.15, 0.2) is 72.2 Å². The number of ether oxygens (including phenoxy) is 1. The van der Waals surface area contributed by atoms with Crippen molar-refractivity contribution in [3.8, 4) is 22.6 Å². The van der Waals surface area contributed by atoms with Gasteiger partial charge < -0.3 is 4.74 Å². The third-order valence-corrected chi connectivity index (χ3v) is 11.7. The first-order valence-corrected chi connectivity index (χ1v) is 13.5. The molecule has 0 aliphatic heterocycles. The molecule has 0 heterocycles. The van der Waals surface area contributed by atoms with Gasteiger partial charge in [-0.25, -0.2) is 0 Å². The minimum atomic E-state index is 0.671. The maximum Gasteiger partial charge on any atom is 0.158 e. The van der Waals surface area contributed by atoms with E-state index in [4.69, 9.17) is 4.74 Å². The lowest BCUT2D eigenvalue weighted by atomic mass is 10.1. The van der Waals surface area contributed by atoms with Gasteiger partial charge in [-0.2, -0.15) is 0 Å². The van der Waals surface area contributed by atoms with E-state index in [1.807, 2.05) is 36.4 Å². The van der Waals surface area contributed by atoms with Crippen LogP contribution in [0, 0.1) is 0 Å². The monoisotopic (exact) mass is 869 g/mol. The average molecular weight is 877 g/mol. The summed E-state index contributed by atoms with van der Waals surface area (Å²) in [6, 6.07) is 11.6. The number of hydrogen-bond acceptors (Lipinski definition) is 1. The summed E-state index contributed by atoms with van der Waals surface area (Å²) >= 11 is 29.4. The third-order valence-electron chi connectivity index (χ3n) is 3.55. The molecule has 0 saturated heterocycles. The van der Waals surface area contributed by atoms with Crippen LogP contribution in [0.25, 0.3) is 11.1 Å². The van der Waals surface area contributed by atoms with E-state index in [-0.39, 0.29) is 0 Å². The van der Waals surface area contributed by atoms with Gasteiger partial charge in [-0.3, -0.25) is 0 Å².